The van der Waals surface area contributed by atoms with E-state index in [4.69, 9.17) is 0 Å². The number of amides is 2. The molecule has 2 aromatic rings. The van der Waals surface area contributed by atoms with E-state index in [-0.39, 0.29) is 17.5 Å². The van der Waals surface area contributed by atoms with Crippen LogP contribution in [0.25, 0.3) is 0 Å². The van der Waals surface area contributed by atoms with Crippen LogP contribution in [0.4, 0.5) is 5.69 Å². The van der Waals surface area contributed by atoms with E-state index in [0.29, 0.717) is 17.8 Å². The Hall–Kier alpha value is -2.53. The number of para-hydroxylation sites is 1. The van der Waals surface area contributed by atoms with Crippen LogP contribution < -0.4 is 10.2 Å². The maximum atomic E-state index is 12.5. The number of aromatic nitrogens is 1. The lowest BCUT2D eigenvalue weighted by Gasteiger charge is -2.18. The molecule has 0 saturated heterocycles. The summed E-state index contributed by atoms with van der Waals surface area (Å²) >= 11 is 0. The molecule has 2 amide bonds. The highest BCUT2D eigenvalue weighted by atomic mass is 16.2. The summed E-state index contributed by atoms with van der Waals surface area (Å²) in [6.45, 7) is 3.43. The highest BCUT2D eigenvalue weighted by Crippen LogP contribution is 2.29. The third-order valence-electron chi connectivity index (χ3n) is 3.44. The summed E-state index contributed by atoms with van der Waals surface area (Å²) in [5.74, 6) is -0.674. The molecule has 5 heteroatoms. The van der Waals surface area contributed by atoms with Gasteiger partial charge in [0.15, 0.2) is 0 Å². The van der Waals surface area contributed by atoms with Crippen molar-refractivity contribution in [1.29, 1.82) is 0 Å². The Morgan fingerprint density at radius 2 is 1.90 bits per heavy atom. The van der Waals surface area contributed by atoms with E-state index in [2.05, 4.69) is 10.3 Å². The molecule has 21 heavy (non-hydrogen) atoms. The molecule has 0 unspecified atom stereocenters. The number of carbonyl (C=O) groups is 2. The molecule has 106 valence electrons. The number of rotatable bonds is 4. The van der Waals surface area contributed by atoms with Crippen molar-refractivity contribution in [2.45, 2.75) is 13.5 Å². The summed E-state index contributed by atoms with van der Waals surface area (Å²) in [4.78, 5) is 30.2. The fourth-order valence-corrected chi connectivity index (χ4v) is 2.42. The molecule has 0 radical (unpaired) electrons. The topological polar surface area (TPSA) is 62.3 Å². The zero-order valence-corrected chi connectivity index (χ0v) is 11.7. The Labute approximate surface area is 122 Å². The Morgan fingerprint density at radius 1 is 1.10 bits per heavy atom. The minimum absolute atomic E-state index is 0.223. The summed E-state index contributed by atoms with van der Waals surface area (Å²) in [5.41, 5.74) is 2.11. The Bertz CT molecular complexity index is 677. The first-order valence-corrected chi connectivity index (χ1v) is 6.86. The van der Waals surface area contributed by atoms with Gasteiger partial charge in [-0.05, 0) is 30.3 Å². The van der Waals surface area contributed by atoms with Crippen molar-refractivity contribution >= 4 is 17.5 Å². The van der Waals surface area contributed by atoms with Crippen molar-refractivity contribution in [3.05, 3.63) is 59.4 Å². The van der Waals surface area contributed by atoms with Crippen molar-refractivity contribution < 1.29 is 9.59 Å². The van der Waals surface area contributed by atoms with Crippen LogP contribution in [0.5, 0.6) is 0 Å². The van der Waals surface area contributed by atoms with Crippen molar-refractivity contribution in [3.8, 4) is 0 Å². The average Bonchev–Trinajstić information content (AvgIpc) is 2.78. The highest BCUT2D eigenvalue weighted by molar-refractivity contribution is 6.33. The Kier molecular flexibility index (Phi) is 3.50. The van der Waals surface area contributed by atoms with Crippen LogP contribution in [-0.2, 0) is 6.54 Å². The lowest BCUT2D eigenvalue weighted by atomic mass is 10.1. The van der Waals surface area contributed by atoms with E-state index >= 15 is 0 Å². The normalized spacial score (nSPS) is 13.7. The molecule has 0 saturated carbocycles. The summed E-state index contributed by atoms with van der Waals surface area (Å²) < 4.78 is 0. The van der Waals surface area contributed by atoms with E-state index in [9.17, 15) is 9.59 Å². The molecule has 1 aromatic heterocycles. The lowest BCUT2D eigenvalue weighted by Crippen LogP contribution is -2.31. The fraction of sp³-hybridized carbons (Fsp3) is 0.188. The minimum atomic E-state index is -0.362. The van der Waals surface area contributed by atoms with E-state index in [0.717, 1.165) is 12.1 Å². The number of carbonyl (C=O) groups excluding carboxylic acids is 2. The first-order chi connectivity index (χ1) is 10.2. The molecule has 0 atom stereocenters. The Balaban J connectivity index is 2.03. The summed E-state index contributed by atoms with van der Waals surface area (Å²) in [5, 5.41) is 3.21. The van der Waals surface area contributed by atoms with Crippen LogP contribution in [0.3, 0.4) is 0 Å². The zero-order valence-electron chi connectivity index (χ0n) is 11.7. The molecule has 0 bridgehead atoms. The minimum Gasteiger partial charge on any atom is -0.313 e. The van der Waals surface area contributed by atoms with Gasteiger partial charge in [0.1, 0.15) is 5.69 Å². The van der Waals surface area contributed by atoms with Gasteiger partial charge in [-0.3, -0.25) is 14.6 Å². The molecule has 5 nitrogen and oxygen atoms in total. The molecule has 1 N–H and O–H groups in total. The van der Waals surface area contributed by atoms with Gasteiger partial charge >= 0.3 is 0 Å². The average molecular weight is 281 g/mol. The molecule has 3 rings (SSSR count). The van der Waals surface area contributed by atoms with Gasteiger partial charge in [0.05, 0.1) is 11.3 Å². The van der Waals surface area contributed by atoms with Gasteiger partial charge in [-0.25, -0.2) is 4.90 Å². The SMILES string of the molecule is CCNCc1ccccc1N1C(=O)c2cccnc2C1=O. The first-order valence-electron chi connectivity index (χ1n) is 6.86. The van der Waals surface area contributed by atoms with Crippen LogP contribution in [0, 0.1) is 0 Å². The van der Waals surface area contributed by atoms with Crippen LogP contribution in [-0.4, -0.2) is 23.3 Å². The molecule has 0 fully saturated rings. The number of hydrogen-bond acceptors (Lipinski definition) is 4. The second-order valence-electron chi connectivity index (χ2n) is 4.75. The van der Waals surface area contributed by atoms with E-state index < -0.39 is 0 Å². The smallest absolute Gasteiger partial charge is 0.284 e. The third-order valence-corrected chi connectivity index (χ3v) is 3.44. The number of anilines is 1. The zero-order chi connectivity index (χ0) is 14.8. The molecule has 1 aliphatic heterocycles. The van der Waals surface area contributed by atoms with Gasteiger partial charge in [0, 0.05) is 12.7 Å². The van der Waals surface area contributed by atoms with E-state index in [1.807, 2.05) is 25.1 Å². The summed E-state index contributed by atoms with van der Waals surface area (Å²) in [6.07, 6.45) is 1.53. The molecular weight excluding hydrogens is 266 g/mol. The number of benzene rings is 1. The fourth-order valence-electron chi connectivity index (χ4n) is 2.42. The Morgan fingerprint density at radius 3 is 2.67 bits per heavy atom. The number of fused-ring (bicyclic) bond motifs is 1. The molecule has 0 spiro atoms. The first kappa shape index (κ1) is 13.5. The van der Waals surface area contributed by atoms with Crippen molar-refractivity contribution in [2.24, 2.45) is 0 Å². The molecule has 1 aliphatic rings. The predicted molar refractivity (Wildman–Crippen MR) is 79.2 cm³/mol. The standard InChI is InChI=1S/C16H15N3O2/c1-2-17-10-11-6-3-4-8-13(11)19-15(20)12-7-5-9-18-14(12)16(19)21/h3-9,17H,2,10H2,1H3. The van der Waals surface area contributed by atoms with Gasteiger partial charge in [0.25, 0.3) is 11.8 Å². The highest BCUT2D eigenvalue weighted by Gasteiger charge is 2.38. The second kappa shape index (κ2) is 5.46. The van der Waals surface area contributed by atoms with Gasteiger partial charge in [0.2, 0.25) is 0 Å². The number of nitrogens with zero attached hydrogens (tertiary/aromatic N) is 2. The molecule has 2 heterocycles. The maximum absolute atomic E-state index is 12.5. The molecular formula is C16H15N3O2. The van der Waals surface area contributed by atoms with E-state index in [1.165, 1.54) is 11.1 Å². The van der Waals surface area contributed by atoms with E-state index in [1.54, 1.807) is 18.2 Å². The van der Waals surface area contributed by atoms with Crippen LogP contribution in [0.15, 0.2) is 42.6 Å². The van der Waals surface area contributed by atoms with Crippen molar-refractivity contribution in [3.63, 3.8) is 0 Å². The number of imide groups is 1. The van der Waals surface area contributed by atoms with Crippen LogP contribution >= 0.6 is 0 Å². The van der Waals surface area contributed by atoms with Gasteiger partial charge in [-0.1, -0.05) is 25.1 Å². The third kappa shape index (κ3) is 2.21. The maximum Gasteiger partial charge on any atom is 0.284 e. The number of nitrogens with one attached hydrogen (secondary N) is 1. The second-order valence-corrected chi connectivity index (χ2v) is 4.75. The number of hydrogen-bond donors (Lipinski definition) is 1. The number of pyridine rings is 1. The molecule has 0 aliphatic carbocycles. The summed E-state index contributed by atoms with van der Waals surface area (Å²) in [7, 11) is 0. The monoisotopic (exact) mass is 281 g/mol. The summed E-state index contributed by atoms with van der Waals surface area (Å²) in [6, 6.07) is 10.7. The van der Waals surface area contributed by atoms with Crippen LogP contribution in [0.1, 0.15) is 33.3 Å². The van der Waals surface area contributed by atoms with Gasteiger partial charge in [-0.15, -0.1) is 0 Å². The quantitative estimate of drug-likeness (QED) is 0.871. The molecule has 1 aromatic carbocycles. The van der Waals surface area contributed by atoms with Gasteiger partial charge < -0.3 is 5.32 Å². The largest absolute Gasteiger partial charge is 0.313 e. The lowest BCUT2D eigenvalue weighted by molar-refractivity contribution is 0.0924. The van der Waals surface area contributed by atoms with Crippen molar-refractivity contribution in [2.75, 3.05) is 11.4 Å². The van der Waals surface area contributed by atoms with Crippen molar-refractivity contribution in [1.82, 2.24) is 10.3 Å². The van der Waals surface area contributed by atoms with Gasteiger partial charge in [-0.2, -0.15) is 0 Å². The van der Waals surface area contributed by atoms with Crippen LogP contribution in [0.2, 0.25) is 0 Å². The predicted octanol–water partition coefficient (Wildman–Crippen LogP) is 1.99.